The highest BCUT2D eigenvalue weighted by Crippen LogP contribution is 2.27. The van der Waals surface area contributed by atoms with Gasteiger partial charge in [0.15, 0.2) is 5.75 Å². The molecule has 0 bridgehead atoms. The average molecular weight is 282 g/mol. The predicted octanol–water partition coefficient (Wildman–Crippen LogP) is 0.844. The Morgan fingerprint density at radius 1 is 1.60 bits per heavy atom. The van der Waals surface area contributed by atoms with Crippen LogP contribution in [0.25, 0.3) is 0 Å². The van der Waals surface area contributed by atoms with Gasteiger partial charge in [0.1, 0.15) is 5.60 Å². The monoisotopic (exact) mass is 282 g/mol. The second-order valence-corrected chi connectivity index (χ2v) is 4.89. The third-order valence-electron chi connectivity index (χ3n) is 3.31. The largest absolute Gasteiger partial charge is 0.490 e. The summed E-state index contributed by atoms with van der Waals surface area (Å²) >= 11 is 0. The van der Waals surface area contributed by atoms with Crippen molar-refractivity contribution >= 4 is 5.69 Å². The molecule has 2 N–H and O–H groups in total. The maximum Gasteiger partial charge on any atom is 0.311 e. The Morgan fingerprint density at radius 3 is 3.00 bits per heavy atom. The number of benzene rings is 1. The van der Waals surface area contributed by atoms with Gasteiger partial charge < -0.3 is 19.9 Å². The molecule has 7 heteroatoms. The minimum atomic E-state index is -0.835. The van der Waals surface area contributed by atoms with Gasteiger partial charge in [-0.3, -0.25) is 10.1 Å². The van der Waals surface area contributed by atoms with Gasteiger partial charge in [-0.05, 0) is 11.6 Å². The van der Waals surface area contributed by atoms with E-state index in [2.05, 4.69) is 5.32 Å². The number of rotatable bonds is 6. The van der Waals surface area contributed by atoms with Crippen LogP contribution in [0.1, 0.15) is 12.0 Å². The predicted molar refractivity (Wildman–Crippen MR) is 71.7 cm³/mol. The second kappa shape index (κ2) is 6.17. The van der Waals surface area contributed by atoms with E-state index in [4.69, 9.17) is 9.47 Å². The van der Waals surface area contributed by atoms with E-state index in [0.29, 0.717) is 32.7 Å². The Kier molecular flexibility index (Phi) is 4.53. The lowest BCUT2D eigenvalue weighted by molar-refractivity contribution is -0.385. The van der Waals surface area contributed by atoms with E-state index in [0.717, 1.165) is 5.56 Å². The summed E-state index contributed by atoms with van der Waals surface area (Å²) in [5.41, 5.74) is -0.131. The molecule has 0 amide bonds. The summed E-state index contributed by atoms with van der Waals surface area (Å²) in [5.74, 6) is 0.238. The lowest BCUT2D eigenvalue weighted by atomic mass is 10.0. The van der Waals surface area contributed by atoms with Crippen LogP contribution in [0.2, 0.25) is 0 Å². The lowest BCUT2D eigenvalue weighted by Gasteiger charge is -2.20. The second-order valence-electron chi connectivity index (χ2n) is 4.89. The Bertz CT molecular complexity index is 486. The van der Waals surface area contributed by atoms with Gasteiger partial charge in [-0.2, -0.15) is 0 Å². The summed E-state index contributed by atoms with van der Waals surface area (Å²) < 4.78 is 10.1. The normalized spacial score (nSPS) is 21.9. The molecule has 1 heterocycles. The molecule has 1 aromatic carbocycles. The number of methoxy groups -OCH3 is 1. The summed E-state index contributed by atoms with van der Waals surface area (Å²) in [6.07, 6.45) is 0.600. The quantitative estimate of drug-likeness (QED) is 0.593. The SMILES string of the molecule is COc1ccc(CNCC2(O)CCOC2)cc1[N+](=O)[O-]. The molecule has 0 aromatic heterocycles. The molecule has 1 aliphatic heterocycles. The van der Waals surface area contributed by atoms with E-state index in [1.807, 2.05) is 0 Å². The first kappa shape index (κ1) is 14.7. The van der Waals surface area contributed by atoms with Crippen LogP contribution in [0.4, 0.5) is 5.69 Å². The Hall–Kier alpha value is -1.70. The van der Waals surface area contributed by atoms with Crippen molar-refractivity contribution in [3.63, 3.8) is 0 Å². The molecule has 1 atom stereocenters. The van der Waals surface area contributed by atoms with Gasteiger partial charge in [0, 0.05) is 32.2 Å². The summed E-state index contributed by atoms with van der Waals surface area (Å²) in [7, 11) is 1.40. The first-order valence-electron chi connectivity index (χ1n) is 6.36. The Morgan fingerprint density at radius 2 is 2.40 bits per heavy atom. The van der Waals surface area contributed by atoms with Crippen molar-refractivity contribution in [2.24, 2.45) is 0 Å². The zero-order valence-corrected chi connectivity index (χ0v) is 11.3. The molecule has 0 radical (unpaired) electrons. The molecule has 0 aliphatic carbocycles. The number of nitrogens with one attached hydrogen (secondary N) is 1. The van der Waals surface area contributed by atoms with Gasteiger partial charge in [0.05, 0.1) is 18.6 Å². The maximum atomic E-state index is 10.9. The number of nitro benzene ring substituents is 1. The van der Waals surface area contributed by atoms with Crippen molar-refractivity contribution in [2.75, 3.05) is 26.9 Å². The Balaban J connectivity index is 1.96. The highest BCUT2D eigenvalue weighted by Gasteiger charge is 2.31. The van der Waals surface area contributed by atoms with E-state index in [1.54, 1.807) is 12.1 Å². The molecule has 1 aromatic rings. The van der Waals surface area contributed by atoms with Crippen molar-refractivity contribution < 1.29 is 19.5 Å². The lowest BCUT2D eigenvalue weighted by Crippen LogP contribution is -2.40. The van der Waals surface area contributed by atoms with Crippen LogP contribution in [-0.4, -0.2) is 42.5 Å². The number of ether oxygens (including phenoxy) is 2. The topological polar surface area (TPSA) is 93.9 Å². The van der Waals surface area contributed by atoms with E-state index in [-0.39, 0.29) is 11.4 Å². The van der Waals surface area contributed by atoms with Crippen molar-refractivity contribution in [1.29, 1.82) is 0 Å². The summed E-state index contributed by atoms with van der Waals surface area (Å²) in [4.78, 5) is 10.4. The average Bonchev–Trinajstić information content (AvgIpc) is 2.85. The van der Waals surface area contributed by atoms with Gasteiger partial charge in [-0.25, -0.2) is 0 Å². The van der Waals surface area contributed by atoms with Crippen LogP contribution in [0, 0.1) is 10.1 Å². The van der Waals surface area contributed by atoms with E-state index in [1.165, 1.54) is 13.2 Å². The van der Waals surface area contributed by atoms with Crippen LogP contribution in [0.5, 0.6) is 5.75 Å². The fourth-order valence-corrected chi connectivity index (χ4v) is 2.16. The van der Waals surface area contributed by atoms with Crippen LogP contribution < -0.4 is 10.1 Å². The first-order chi connectivity index (χ1) is 9.54. The van der Waals surface area contributed by atoms with Gasteiger partial charge in [-0.15, -0.1) is 0 Å². The van der Waals surface area contributed by atoms with Crippen LogP contribution in [0.3, 0.4) is 0 Å². The molecule has 110 valence electrons. The number of aliphatic hydroxyl groups is 1. The fraction of sp³-hybridized carbons (Fsp3) is 0.538. The molecule has 7 nitrogen and oxygen atoms in total. The standard InChI is InChI=1S/C13H18N2O5/c1-19-12-3-2-10(6-11(12)15(17)18)7-14-8-13(16)4-5-20-9-13/h2-3,6,14,16H,4-5,7-9H2,1H3. The molecule has 1 unspecified atom stereocenters. The number of hydrogen-bond donors (Lipinski definition) is 2. The number of hydrogen-bond acceptors (Lipinski definition) is 6. The van der Waals surface area contributed by atoms with Crippen LogP contribution in [0.15, 0.2) is 18.2 Å². The molecule has 0 spiro atoms. The summed E-state index contributed by atoms with van der Waals surface area (Å²) in [6.45, 7) is 1.72. The van der Waals surface area contributed by atoms with Gasteiger partial charge in [0.2, 0.25) is 0 Å². The third-order valence-corrected chi connectivity index (χ3v) is 3.31. The highest BCUT2D eigenvalue weighted by atomic mass is 16.6. The van der Waals surface area contributed by atoms with Gasteiger partial charge >= 0.3 is 5.69 Å². The zero-order chi connectivity index (χ0) is 14.6. The minimum Gasteiger partial charge on any atom is -0.490 e. The number of nitrogens with zero attached hydrogens (tertiary/aromatic N) is 1. The van der Waals surface area contributed by atoms with E-state index in [9.17, 15) is 15.2 Å². The van der Waals surface area contributed by atoms with Crippen molar-refractivity contribution in [3.8, 4) is 5.75 Å². The summed E-state index contributed by atoms with van der Waals surface area (Å²) in [5, 5.41) is 24.1. The van der Waals surface area contributed by atoms with Crippen LogP contribution >= 0.6 is 0 Å². The van der Waals surface area contributed by atoms with Crippen molar-refractivity contribution in [2.45, 2.75) is 18.6 Å². The van der Waals surface area contributed by atoms with Crippen LogP contribution in [-0.2, 0) is 11.3 Å². The maximum absolute atomic E-state index is 10.9. The third kappa shape index (κ3) is 3.44. The Labute approximate surface area is 116 Å². The van der Waals surface area contributed by atoms with Crippen molar-refractivity contribution in [3.05, 3.63) is 33.9 Å². The summed E-state index contributed by atoms with van der Waals surface area (Å²) in [6, 6.07) is 4.80. The molecule has 20 heavy (non-hydrogen) atoms. The van der Waals surface area contributed by atoms with E-state index >= 15 is 0 Å². The molecule has 0 saturated carbocycles. The van der Waals surface area contributed by atoms with Crippen molar-refractivity contribution in [1.82, 2.24) is 5.32 Å². The highest BCUT2D eigenvalue weighted by molar-refractivity contribution is 5.48. The van der Waals surface area contributed by atoms with Gasteiger partial charge in [-0.1, -0.05) is 6.07 Å². The molecule has 1 aliphatic rings. The molecular formula is C13H18N2O5. The van der Waals surface area contributed by atoms with Gasteiger partial charge in [0.25, 0.3) is 0 Å². The van der Waals surface area contributed by atoms with E-state index < -0.39 is 10.5 Å². The first-order valence-corrected chi connectivity index (χ1v) is 6.36. The smallest absolute Gasteiger partial charge is 0.311 e. The molecule has 1 fully saturated rings. The molecular weight excluding hydrogens is 264 g/mol. The fourth-order valence-electron chi connectivity index (χ4n) is 2.16. The number of nitro groups is 1. The zero-order valence-electron chi connectivity index (χ0n) is 11.3. The minimum absolute atomic E-state index is 0.0605. The molecule has 2 rings (SSSR count). The molecule has 1 saturated heterocycles.